The van der Waals surface area contributed by atoms with Gasteiger partial charge < -0.3 is 14.9 Å². The van der Waals surface area contributed by atoms with Gasteiger partial charge in [0.1, 0.15) is 0 Å². The van der Waals surface area contributed by atoms with Crippen molar-refractivity contribution >= 4 is 48.9 Å². The van der Waals surface area contributed by atoms with Crippen molar-refractivity contribution in [2.45, 2.75) is 19.4 Å². The number of likely N-dealkylation sites (N-methyl/N-ethyl adjacent to an activating group) is 1. The largest absolute Gasteiger partial charge is 0.371 e. The minimum atomic E-state index is -1.66. The average Bonchev–Trinajstić information content (AvgIpc) is 3.23. The third kappa shape index (κ3) is 2.99. The van der Waals surface area contributed by atoms with E-state index in [0.29, 0.717) is 17.0 Å². The molecule has 1 unspecified atom stereocenters. The summed E-state index contributed by atoms with van der Waals surface area (Å²) in [6, 6.07) is 15.6. The molecule has 1 aromatic heterocycles. The molecular formula is C22H23BrN2O2S. The van der Waals surface area contributed by atoms with E-state index in [2.05, 4.69) is 34.7 Å². The number of carbonyl (C=O) groups excluding carboxylic acids is 1. The smallest absolute Gasteiger partial charge is 0.269 e. The van der Waals surface area contributed by atoms with E-state index >= 15 is 0 Å². The van der Waals surface area contributed by atoms with Gasteiger partial charge in [-0.15, -0.1) is 11.3 Å². The van der Waals surface area contributed by atoms with Gasteiger partial charge in [-0.3, -0.25) is 4.79 Å². The highest BCUT2D eigenvalue weighted by atomic mass is 79.9. The maximum Gasteiger partial charge on any atom is 0.269 e. The van der Waals surface area contributed by atoms with Crippen LogP contribution in [0.5, 0.6) is 0 Å². The van der Waals surface area contributed by atoms with Crippen LogP contribution in [0.2, 0.25) is 0 Å². The maximum atomic E-state index is 13.5. The third-order valence-corrected chi connectivity index (χ3v) is 7.40. The zero-order valence-corrected chi connectivity index (χ0v) is 18.4. The molecule has 1 aliphatic heterocycles. The minimum absolute atomic E-state index is 0.270. The Bertz CT molecular complexity index is 997. The molecule has 0 fully saturated rings. The fraction of sp³-hybridized carbons (Fsp3) is 0.318. The van der Waals surface area contributed by atoms with Crippen molar-refractivity contribution in [3.8, 4) is 0 Å². The lowest BCUT2D eigenvalue weighted by molar-refractivity contribution is -0.132. The van der Waals surface area contributed by atoms with E-state index in [9.17, 15) is 9.90 Å². The molecule has 6 heteroatoms. The Balaban J connectivity index is 1.81. The van der Waals surface area contributed by atoms with Gasteiger partial charge >= 0.3 is 0 Å². The molecule has 3 aromatic rings. The summed E-state index contributed by atoms with van der Waals surface area (Å²) in [5.41, 5.74) is -0.236. The number of fused-ring (bicyclic) bond motifs is 2. The first-order valence-corrected chi connectivity index (χ1v) is 11.2. The van der Waals surface area contributed by atoms with Crippen LogP contribution in [-0.2, 0) is 10.4 Å². The number of thiophene rings is 1. The Morgan fingerprint density at radius 1 is 1.14 bits per heavy atom. The summed E-state index contributed by atoms with van der Waals surface area (Å²) in [4.78, 5) is 18.2. The van der Waals surface area contributed by atoms with Gasteiger partial charge in [-0.1, -0.05) is 54.0 Å². The van der Waals surface area contributed by atoms with Crippen LogP contribution in [-0.4, -0.2) is 42.1 Å². The summed E-state index contributed by atoms with van der Waals surface area (Å²) < 4.78 is 1.82. The Morgan fingerprint density at radius 2 is 1.89 bits per heavy atom. The van der Waals surface area contributed by atoms with E-state index in [1.165, 1.54) is 11.3 Å². The summed E-state index contributed by atoms with van der Waals surface area (Å²) in [6.07, 6.45) is 0. The normalized spacial score (nSPS) is 19.0. The van der Waals surface area contributed by atoms with Crippen molar-refractivity contribution in [2.24, 2.45) is 0 Å². The molecule has 4 rings (SSSR count). The van der Waals surface area contributed by atoms with Gasteiger partial charge in [0, 0.05) is 27.8 Å². The lowest BCUT2D eigenvalue weighted by Crippen LogP contribution is -2.43. The molecule has 2 heterocycles. The van der Waals surface area contributed by atoms with Crippen LogP contribution in [0.15, 0.2) is 53.0 Å². The molecule has 0 radical (unpaired) electrons. The standard InChI is InChI=1S/C22H23BrN2O2S/c1-3-24(4-2)12-13-25-17-10-7-9-16(23)20(17)22(27,21(25)26)19-14-15-8-5-6-11-18(15)28-19/h5-11,14,27H,3-4,12-13H2,1-2H3. The Labute approximate surface area is 177 Å². The Morgan fingerprint density at radius 3 is 2.61 bits per heavy atom. The second-order valence-corrected chi connectivity index (χ2v) is 8.91. The topological polar surface area (TPSA) is 43.8 Å². The highest BCUT2D eigenvalue weighted by Crippen LogP contribution is 2.50. The average molecular weight is 459 g/mol. The van der Waals surface area contributed by atoms with E-state index in [4.69, 9.17) is 0 Å². The molecule has 0 saturated heterocycles. The molecule has 146 valence electrons. The predicted molar refractivity (Wildman–Crippen MR) is 119 cm³/mol. The van der Waals surface area contributed by atoms with Crippen molar-refractivity contribution < 1.29 is 9.90 Å². The highest BCUT2D eigenvalue weighted by molar-refractivity contribution is 9.10. The van der Waals surface area contributed by atoms with Gasteiger partial charge in [-0.25, -0.2) is 0 Å². The zero-order chi connectivity index (χ0) is 19.9. The SMILES string of the molecule is CCN(CC)CCN1C(=O)C(O)(c2cc3ccccc3s2)c2c(Br)cccc21. The second-order valence-electron chi connectivity index (χ2n) is 6.98. The highest BCUT2D eigenvalue weighted by Gasteiger charge is 2.53. The van der Waals surface area contributed by atoms with Crippen LogP contribution in [0, 0.1) is 0 Å². The van der Waals surface area contributed by atoms with Gasteiger partial charge in [0.15, 0.2) is 0 Å². The molecule has 1 N–H and O–H groups in total. The van der Waals surface area contributed by atoms with Crippen molar-refractivity contribution in [1.29, 1.82) is 0 Å². The molecule has 0 saturated carbocycles. The molecule has 0 bridgehead atoms. The molecule has 0 aliphatic carbocycles. The summed E-state index contributed by atoms with van der Waals surface area (Å²) in [5, 5.41) is 12.8. The number of carbonyl (C=O) groups is 1. The van der Waals surface area contributed by atoms with Gasteiger partial charge in [-0.05, 0) is 42.7 Å². The fourth-order valence-electron chi connectivity index (χ4n) is 3.90. The number of nitrogens with zero attached hydrogens (tertiary/aromatic N) is 2. The first-order valence-electron chi connectivity index (χ1n) is 9.55. The lowest BCUT2D eigenvalue weighted by Gasteiger charge is -2.25. The van der Waals surface area contributed by atoms with Crippen LogP contribution in [0.25, 0.3) is 10.1 Å². The van der Waals surface area contributed by atoms with Crippen molar-refractivity contribution in [2.75, 3.05) is 31.1 Å². The number of rotatable bonds is 6. The molecule has 1 atom stereocenters. The van der Waals surface area contributed by atoms with Crippen LogP contribution in [0.4, 0.5) is 5.69 Å². The number of benzene rings is 2. The molecule has 2 aromatic carbocycles. The van der Waals surface area contributed by atoms with E-state index in [1.807, 2.05) is 48.5 Å². The first kappa shape index (κ1) is 19.6. The molecule has 0 spiro atoms. The van der Waals surface area contributed by atoms with Gasteiger partial charge in [0.25, 0.3) is 5.91 Å². The van der Waals surface area contributed by atoms with Crippen LogP contribution in [0.3, 0.4) is 0 Å². The third-order valence-electron chi connectivity index (χ3n) is 5.52. The van der Waals surface area contributed by atoms with Gasteiger partial charge in [-0.2, -0.15) is 0 Å². The molecule has 1 aliphatic rings. The van der Waals surface area contributed by atoms with E-state index < -0.39 is 5.60 Å². The summed E-state index contributed by atoms with van der Waals surface area (Å²) >= 11 is 5.06. The molecular weight excluding hydrogens is 436 g/mol. The van der Waals surface area contributed by atoms with E-state index in [1.54, 1.807) is 4.90 Å². The lowest BCUT2D eigenvalue weighted by atomic mass is 9.93. The predicted octanol–water partition coefficient (Wildman–Crippen LogP) is 4.59. The summed E-state index contributed by atoms with van der Waals surface area (Å²) in [5.74, 6) is -0.270. The van der Waals surface area contributed by atoms with E-state index in [0.717, 1.165) is 39.9 Å². The number of anilines is 1. The van der Waals surface area contributed by atoms with Crippen LogP contribution in [0.1, 0.15) is 24.3 Å². The number of hydrogen-bond donors (Lipinski definition) is 1. The molecule has 1 amide bonds. The van der Waals surface area contributed by atoms with Crippen molar-refractivity contribution in [1.82, 2.24) is 4.90 Å². The minimum Gasteiger partial charge on any atom is -0.371 e. The Hall–Kier alpha value is -1.73. The molecule has 28 heavy (non-hydrogen) atoms. The van der Waals surface area contributed by atoms with Crippen LogP contribution < -0.4 is 4.90 Å². The first-order chi connectivity index (χ1) is 13.5. The summed E-state index contributed by atoms with van der Waals surface area (Å²) in [7, 11) is 0. The number of halogens is 1. The molecule has 4 nitrogen and oxygen atoms in total. The zero-order valence-electron chi connectivity index (χ0n) is 16.0. The number of hydrogen-bond acceptors (Lipinski definition) is 4. The van der Waals surface area contributed by atoms with Crippen LogP contribution >= 0.6 is 27.3 Å². The van der Waals surface area contributed by atoms with Crippen molar-refractivity contribution in [3.05, 3.63) is 63.4 Å². The monoisotopic (exact) mass is 458 g/mol. The van der Waals surface area contributed by atoms with Crippen molar-refractivity contribution in [3.63, 3.8) is 0 Å². The second kappa shape index (κ2) is 7.59. The van der Waals surface area contributed by atoms with E-state index in [-0.39, 0.29) is 5.91 Å². The van der Waals surface area contributed by atoms with Gasteiger partial charge in [0.2, 0.25) is 5.60 Å². The fourth-order valence-corrected chi connectivity index (χ4v) is 5.69. The summed E-state index contributed by atoms with van der Waals surface area (Å²) in [6.45, 7) is 7.43. The Kier molecular flexibility index (Phi) is 5.31. The quantitative estimate of drug-likeness (QED) is 0.587. The number of aliphatic hydroxyl groups is 1. The van der Waals surface area contributed by atoms with Gasteiger partial charge in [0.05, 0.1) is 10.6 Å². The number of amides is 1. The maximum absolute atomic E-state index is 13.5.